The Hall–Kier alpha value is -2.89. The highest BCUT2D eigenvalue weighted by atomic mass is 16.4. The number of carbonyl (C=O) groups excluding carboxylic acids is 1. The second-order valence-corrected chi connectivity index (χ2v) is 6.63. The molecular formula is C20H23N3O3. The smallest absolute Gasteiger partial charge is 0.317 e. The zero-order valence-electron chi connectivity index (χ0n) is 14.8. The van der Waals surface area contributed by atoms with Crippen LogP contribution in [-0.2, 0) is 4.79 Å². The minimum atomic E-state index is -0.771. The number of hydrogen-bond donors (Lipinski definition) is 2. The highest BCUT2D eigenvalue weighted by Crippen LogP contribution is 2.22. The maximum Gasteiger partial charge on any atom is 0.317 e. The van der Waals surface area contributed by atoms with E-state index in [2.05, 4.69) is 10.3 Å². The van der Waals surface area contributed by atoms with Crippen LogP contribution in [0.3, 0.4) is 0 Å². The van der Waals surface area contributed by atoms with E-state index in [1.165, 1.54) is 0 Å². The molecule has 2 N–H and O–H groups in total. The first kappa shape index (κ1) is 17.9. The number of likely N-dealkylation sites (tertiary alicyclic amines) is 1. The van der Waals surface area contributed by atoms with Gasteiger partial charge in [0.15, 0.2) is 0 Å². The summed E-state index contributed by atoms with van der Waals surface area (Å²) in [7, 11) is 0. The van der Waals surface area contributed by atoms with Gasteiger partial charge in [-0.3, -0.25) is 9.78 Å². The molecule has 1 aliphatic rings. The molecule has 136 valence electrons. The topological polar surface area (TPSA) is 82.5 Å². The molecule has 1 aromatic carbocycles. The number of nitrogens with one attached hydrogen (secondary N) is 1. The summed E-state index contributed by atoms with van der Waals surface area (Å²) >= 11 is 0. The van der Waals surface area contributed by atoms with Crippen molar-refractivity contribution < 1.29 is 14.7 Å². The summed E-state index contributed by atoms with van der Waals surface area (Å²) in [6, 6.07) is 11.7. The average Bonchev–Trinajstić information content (AvgIpc) is 2.68. The fraction of sp³-hybridized carbons (Fsp3) is 0.350. The second kappa shape index (κ2) is 7.99. The van der Waals surface area contributed by atoms with Crippen molar-refractivity contribution in [1.29, 1.82) is 0 Å². The van der Waals surface area contributed by atoms with Crippen LogP contribution in [0.1, 0.15) is 31.4 Å². The first-order valence-electron chi connectivity index (χ1n) is 8.83. The van der Waals surface area contributed by atoms with Gasteiger partial charge in [-0.2, -0.15) is 0 Å². The fourth-order valence-corrected chi connectivity index (χ4v) is 3.20. The molecule has 0 saturated carbocycles. The number of hydrogen-bond acceptors (Lipinski definition) is 3. The first-order chi connectivity index (χ1) is 12.5. The van der Waals surface area contributed by atoms with Crippen molar-refractivity contribution >= 4 is 12.0 Å². The van der Waals surface area contributed by atoms with Crippen LogP contribution in [-0.4, -0.2) is 40.1 Å². The van der Waals surface area contributed by atoms with Crippen molar-refractivity contribution in [3.05, 3.63) is 54.4 Å². The molecule has 1 saturated heterocycles. The Balaban J connectivity index is 1.57. The van der Waals surface area contributed by atoms with Gasteiger partial charge in [-0.15, -0.1) is 0 Å². The lowest BCUT2D eigenvalue weighted by molar-refractivity contribution is -0.143. The van der Waals surface area contributed by atoms with Gasteiger partial charge in [-0.1, -0.05) is 24.3 Å². The average molecular weight is 353 g/mol. The molecule has 1 aliphatic heterocycles. The third-order valence-electron chi connectivity index (χ3n) is 4.90. The molecular weight excluding hydrogens is 330 g/mol. The van der Waals surface area contributed by atoms with E-state index >= 15 is 0 Å². The number of carboxylic acid groups (broad SMARTS) is 1. The van der Waals surface area contributed by atoms with Gasteiger partial charge in [-0.25, -0.2) is 4.79 Å². The summed E-state index contributed by atoms with van der Waals surface area (Å²) in [5.41, 5.74) is 3.23. The molecule has 0 radical (unpaired) electrons. The van der Waals surface area contributed by atoms with Crippen LogP contribution in [0.5, 0.6) is 0 Å². The number of amides is 2. The quantitative estimate of drug-likeness (QED) is 0.883. The van der Waals surface area contributed by atoms with E-state index in [1.807, 2.05) is 43.3 Å². The molecule has 3 rings (SSSR count). The van der Waals surface area contributed by atoms with Crippen molar-refractivity contribution in [2.75, 3.05) is 13.1 Å². The molecule has 6 heteroatoms. The van der Waals surface area contributed by atoms with Gasteiger partial charge >= 0.3 is 12.0 Å². The predicted octanol–water partition coefficient (Wildman–Crippen LogP) is 3.32. The lowest BCUT2D eigenvalue weighted by Gasteiger charge is -2.31. The van der Waals surface area contributed by atoms with Gasteiger partial charge in [0.25, 0.3) is 0 Å². The number of aromatic nitrogens is 1. The summed E-state index contributed by atoms with van der Waals surface area (Å²) < 4.78 is 0. The summed E-state index contributed by atoms with van der Waals surface area (Å²) in [5, 5.41) is 12.0. The molecule has 0 aliphatic carbocycles. The van der Waals surface area contributed by atoms with Crippen molar-refractivity contribution in [2.24, 2.45) is 5.92 Å². The van der Waals surface area contributed by atoms with Crippen molar-refractivity contribution in [3.63, 3.8) is 0 Å². The molecule has 1 fully saturated rings. The maximum absolute atomic E-state index is 12.4. The van der Waals surface area contributed by atoms with Crippen LogP contribution in [0.25, 0.3) is 11.1 Å². The summed E-state index contributed by atoms with van der Waals surface area (Å²) in [4.78, 5) is 29.1. The summed E-state index contributed by atoms with van der Waals surface area (Å²) in [5.74, 6) is -1.11. The van der Waals surface area contributed by atoms with E-state index in [-0.39, 0.29) is 18.0 Å². The van der Waals surface area contributed by atoms with E-state index < -0.39 is 5.97 Å². The lowest BCUT2D eigenvalue weighted by Crippen LogP contribution is -2.46. The van der Waals surface area contributed by atoms with Crippen LogP contribution in [0.2, 0.25) is 0 Å². The Kier molecular flexibility index (Phi) is 5.51. The highest BCUT2D eigenvalue weighted by Gasteiger charge is 2.27. The summed E-state index contributed by atoms with van der Waals surface area (Å²) in [6.07, 6.45) is 4.55. The van der Waals surface area contributed by atoms with E-state index in [9.17, 15) is 9.59 Å². The largest absolute Gasteiger partial charge is 0.481 e. The number of urea groups is 1. The second-order valence-electron chi connectivity index (χ2n) is 6.63. The van der Waals surface area contributed by atoms with Gasteiger partial charge in [-0.05, 0) is 48.6 Å². The zero-order chi connectivity index (χ0) is 18.5. The van der Waals surface area contributed by atoms with Crippen LogP contribution < -0.4 is 5.32 Å². The number of piperidine rings is 1. The number of rotatable bonds is 4. The fourth-order valence-electron chi connectivity index (χ4n) is 3.20. The van der Waals surface area contributed by atoms with Crippen LogP contribution in [0, 0.1) is 5.92 Å². The third kappa shape index (κ3) is 4.20. The lowest BCUT2D eigenvalue weighted by atomic mass is 9.97. The normalized spacial score (nSPS) is 16.1. The molecule has 1 aromatic heterocycles. The molecule has 0 bridgehead atoms. The van der Waals surface area contributed by atoms with Gasteiger partial charge in [0.2, 0.25) is 0 Å². The Morgan fingerprint density at radius 3 is 2.23 bits per heavy atom. The number of pyridine rings is 1. The molecule has 2 aromatic rings. The third-order valence-corrected chi connectivity index (χ3v) is 4.90. The number of carboxylic acids is 1. The number of aliphatic carboxylic acids is 1. The molecule has 2 amide bonds. The van der Waals surface area contributed by atoms with Gasteiger partial charge in [0, 0.05) is 25.5 Å². The number of carbonyl (C=O) groups is 2. The molecule has 1 unspecified atom stereocenters. The molecule has 1 atom stereocenters. The Morgan fingerprint density at radius 1 is 1.08 bits per heavy atom. The minimum Gasteiger partial charge on any atom is -0.481 e. The Labute approximate surface area is 152 Å². The zero-order valence-corrected chi connectivity index (χ0v) is 14.8. The van der Waals surface area contributed by atoms with E-state index in [4.69, 9.17) is 5.11 Å². The molecule has 2 heterocycles. The number of benzene rings is 1. The van der Waals surface area contributed by atoms with E-state index in [1.54, 1.807) is 17.3 Å². The standard InChI is InChI=1S/C20H23N3O3/c1-14(22-20(26)23-12-8-18(9-13-23)19(24)25)15-2-4-16(5-3-15)17-6-10-21-11-7-17/h2-7,10-11,14,18H,8-9,12-13H2,1H3,(H,22,26)(H,24,25). The number of nitrogens with zero attached hydrogens (tertiary/aromatic N) is 2. The van der Waals surface area contributed by atoms with Gasteiger partial charge in [0.1, 0.15) is 0 Å². The van der Waals surface area contributed by atoms with Crippen molar-refractivity contribution in [2.45, 2.75) is 25.8 Å². The van der Waals surface area contributed by atoms with E-state index in [0.29, 0.717) is 25.9 Å². The Bertz CT molecular complexity index is 754. The van der Waals surface area contributed by atoms with E-state index in [0.717, 1.165) is 16.7 Å². The molecule has 6 nitrogen and oxygen atoms in total. The van der Waals surface area contributed by atoms with Gasteiger partial charge < -0.3 is 15.3 Å². The van der Waals surface area contributed by atoms with Crippen LogP contribution in [0.15, 0.2) is 48.8 Å². The molecule has 26 heavy (non-hydrogen) atoms. The Morgan fingerprint density at radius 2 is 1.65 bits per heavy atom. The van der Waals surface area contributed by atoms with Crippen LogP contribution in [0.4, 0.5) is 4.79 Å². The monoisotopic (exact) mass is 353 g/mol. The highest BCUT2D eigenvalue weighted by molar-refractivity contribution is 5.76. The van der Waals surface area contributed by atoms with Crippen LogP contribution >= 0.6 is 0 Å². The first-order valence-corrected chi connectivity index (χ1v) is 8.83. The van der Waals surface area contributed by atoms with Crippen molar-refractivity contribution in [1.82, 2.24) is 15.2 Å². The molecule has 0 spiro atoms. The maximum atomic E-state index is 12.4. The van der Waals surface area contributed by atoms with Gasteiger partial charge in [0.05, 0.1) is 12.0 Å². The summed E-state index contributed by atoms with van der Waals surface area (Å²) in [6.45, 7) is 2.91. The SMILES string of the molecule is CC(NC(=O)N1CCC(C(=O)O)CC1)c1ccc(-c2ccncc2)cc1. The minimum absolute atomic E-state index is 0.119. The van der Waals surface area contributed by atoms with Crippen molar-refractivity contribution in [3.8, 4) is 11.1 Å². The predicted molar refractivity (Wildman–Crippen MR) is 98.6 cm³/mol.